The summed E-state index contributed by atoms with van der Waals surface area (Å²) in [5.74, 6) is -0.457. The van der Waals surface area contributed by atoms with Gasteiger partial charge in [-0.15, -0.1) is 0 Å². The van der Waals surface area contributed by atoms with Crippen molar-refractivity contribution >= 4 is 0 Å². The minimum atomic E-state index is -4.91. The molecule has 1 saturated heterocycles. The van der Waals surface area contributed by atoms with Gasteiger partial charge in [-0.1, -0.05) is 25.5 Å². The summed E-state index contributed by atoms with van der Waals surface area (Å²) >= 11 is 0. The second-order valence-corrected chi connectivity index (χ2v) is 11.0. The molecule has 2 fully saturated rings. The van der Waals surface area contributed by atoms with E-state index in [9.17, 15) is 26.3 Å². The second kappa shape index (κ2) is 12.6. The number of ether oxygens (including phenoxy) is 3. The van der Waals surface area contributed by atoms with Crippen LogP contribution in [0.5, 0.6) is 5.75 Å². The molecular formula is C29H38F6O3. The van der Waals surface area contributed by atoms with E-state index in [0.717, 1.165) is 58.0 Å². The van der Waals surface area contributed by atoms with Crippen LogP contribution in [0.1, 0.15) is 76.7 Å². The highest BCUT2D eigenvalue weighted by Crippen LogP contribution is 2.44. The van der Waals surface area contributed by atoms with Crippen molar-refractivity contribution in [1.82, 2.24) is 0 Å². The van der Waals surface area contributed by atoms with E-state index in [2.05, 4.69) is 23.8 Å². The predicted octanol–water partition coefficient (Wildman–Crippen LogP) is 8.57. The first-order valence-corrected chi connectivity index (χ1v) is 13.9. The van der Waals surface area contributed by atoms with E-state index < -0.39 is 35.5 Å². The molecule has 38 heavy (non-hydrogen) atoms. The first kappa shape index (κ1) is 29.2. The monoisotopic (exact) mass is 548 g/mol. The second-order valence-electron chi connectivity index (χ2n) is 11.0. The van der Waals surface area contributed by atoms with Gasteiger partial charge in [-0.25, -0.2) is 4.39 Å². The Kier molecular flexibility index (Phi) is 9.72. The fourth-order valence-corrected chi connectivity index (χ4v) is 6.19. The molecule has 1 saturated carbocycles. The average molecular weight is 549 g/mol. The highest BCUT2D eigenvalue weighted by molar-refractivity contribution is 5.31. The quantitative estimate of drug-likeness (QED) is 0.176. The van der Waals surface area contributed by atoms with Crippen LogP contribution < -0.4 is 4.74 Å². The zero-order valence-electron chi connectivity index (χ0n) is 21.8. The molecule has 0 aromatic heterocycles. The number of alkyl halides is 5. The Morgan fingerprint density at radius 2 is 1.58 bits per heavy atom. The van der Waals surface area contributed by atoms with E-state index in [1.54, 1.807) is 0 Å². The third-order valence-electron chi connectivity index (χ3n) is 8.46. The summed E-state index contributed by atoms with van der Waals surface area (Å²) in [4.78, 5) is 0. The Morgan fingerprint density at radius 3 is 2.16 bits per heavy atom. The summed E-state index contributed by atoms with van der Waals surface area (Å²) in [5.41, 5.74) is -1.53. The Bertz CT molecular complexity index is 917. The van der Waals surface area contributed by atoms with Crippen LogP contribution in [0.4, 0.5) is 26.3 Å². The topological polar surface area (TPSA) is 27.7 Å². The van der Waals surface area contributed by atoms with Gasteiger partial charge in [0, 0.05) is 12.7 Å². The molecule has 1 aromatic carbocycles. The number of hydrogen-bond acceptors (Lipinski definition) is 3. The van der Waals surface area contributed by atoms with Gasteiger partial charge in [0.1, 0.15) is 11.6 Å². The van der Waals surface area contributed by atoms with Gasteiger partial charge in [0.15, 0.2) is 6.10 Å². The SMILES string of the molecule is CCCCOC1C=CC(C2CCC(C3CCC(C(F)(F)Oc4ccc(C(F)(F)F)c(F)c4)OC3)CC2)CC1. The molecule has 3 nitrogen and oxygen atoms in total. The zero-order chi connectivity index (χ0) is 27.3. The maximum atomic E-state index is 14.7. The summed E-state index contributed by atoms with van der Waals surface area (Å²) in [6.07, 6.45) is 4.04. The minimum absolute atomic E-state index is 0.0749. The van der Waals surface area contributed by atoms with E-state index in [4.69, 9.17) is 9.47 Å². The first-order chi connectivity index (χ1) is 18.1. The van der Waals surface area contributed by atoms with Gasteiger partial charge in [0.25, 0.3) is 0 Å². The lowest BCUT2D eigenvalue weighted by molar-refractivity contribution is -0.266. The predicted molar refractivity (Wildman–Crippen MR) is 131 cm³/mol. The standard InChI is InChI=1S/C29H38F6O3/c1-2-3-16-36-23-11-8-20(9-12-23)19-4-6-21(7-5-19)22-10-15-27(37-18-22)29(34,35)38-24-13-14-25(26(30)17-24)28(31,32)33/h8,11,13-14,17,19-23,27H,2-7,9-10,12,15-16,18H2,1H3. The molecule has 4 rings (SSSR count). The van der Waals surface area contributed by atoms with Gasteiger partial charge in [-0.3, -0.25) is 0 Å². The van der Waals surface area contributed by atoms with Crippen LogP contribution in [0.3, 0.4) is 0 Å². The normalized spacial score (nSPS) is 30.8. The van der Waals surface area contributed by atoms with Crippen molar-refractivity contribution in [1.29, 1.82) is 0 Å². The number of rotatable bonds is 9. The molecular weight excluding hydrogens is 510 g/mol. The molecule has 0 amide bonds. The van der Waals surface area contributed by atoms with Gasteiger partial charge >= 0.3 is 12.3 Å². The van der Waals surface area contributed by atoms with Gasteiger partial charge < -0.3 is 14.2 Å². The smallest absolute Gasteiger partial charge is 0.424 e. The van der Waals surface area contributed by atoms with Crippen molar-refractivity contribution in [3.05, 3.63) is 41.7 Å². The Hall–Kier alpha value is -1.74. The molecule has 2 aliphatic carbocycles. The molecule has 1 aliphatic heterocycles. The number of benzene rings is 1. The zero-order valence-corrected chi connectivity index (χ0v) is 21.8. The van der Waals surface area contributed by atoms with Crippen molar-refractivity contribution in [2.24, 2.45) is 23.7 Å². The summed E-state index contributed by atoms with van der Waals surface area (Å²) < 4.78 is 97.3. The number of allylic oxidation sites excluding steroid dienone is 1. The summed E-state index contributed by atoms with van der Waals surface area (Å²) in [7, 11) is 0. The highest BCUT2D eigenvalue weighted by Gasteiger charge is 2.47. The minimum Gasteiger partial charge on any atom is -0.431 e. The maximum Gasteiger partial charge on any atom is 0.424 e. The van der Waals surface area contributed by atoms with E-state index in [1.165, 1.54) is 0 Å². The molecule has 4 atom stereocenters. The van der Waals surface area contributed by atoms with Gasteiger partial charge in [0.2, 0.25) is 0 Å². The molecule has 9 heteroatoms. The lowest BCUT2D eigenvalue weighted by atomic mass is 9.69. The van der Waals surface area contributed by atoms with Crippen molar-refractivity contribution in [3.8, 4) is 5.75 Å². The van der Waals surface area contributed by atoms with Gasteiger partial charge in [0.05, 0.1) is 18.3 Å². The Balaban J connectivity index is 1.21. The van der Waals surface area contributed by atoms with Crippen LogP contribution >= 0.6 is 0 Å². The molecule has 1 aromatic rings. The molecule has 0 bridgehead atoms. The molecule has 1 heterocycles. The molecule has 0 radical (unpaired) electrons. The molecule has 3 aliphatic rings. The van der Waals surface area contributed by atoms with Crippen molar-refractivity contribution < 1.29 is 40.6 Å². The summed E-state index contributed by atoms with van der Waals surface area (Å²) in [6, 6.07) is 1.44. The summed E-state index contributed by atoms with van der Waals surface area (Å²) in [6.45, 7) is 3.17. The van der Waals surface area contributed by atoms with Gasteiger partial charge in [-0.05, 0) is 93.6 Å². The van der Waals surface area contributed by atoms with Crippen LogP contribution in [0.25, 0.3) is 0 Å². The van der Waals surface area contributed by atoms with Crippen molar-refractivity contribution in [2.75, 3.05) is 13.2 Å². The highest BCUT2D eigenvalue weighted by atomic mass is 19.4. The number of hydrogen-bond donors (Lipinski definition) is 0. The van der Waals surface area contributed by atoms with Crippen molar-refractivity contribution in [2.45, 2.75) is 95.6 Å². The number of halogens is 6. The van der Waals surface area contributed by atoms with E-state index in [0.29, 0.717) is 42.4 Å². The van der Waals surface area contributed by atoms with Crippen LogP contribution in [0, 0.1) is 29.5 Å². The largest absolute Gasteiger partial charge is 0.431 e. The third kappa shape index (κ3) is 7.46. The molecule has 4 unspecified atom stereocenters. The Labute approximate surface area is 220 Å². The molecule has 0 N–H and O–H groups in total. The average Bonchev–Trinajstić information content (AvgIpc) is 2.88. The van der Waals surface area contributed by atoms with E-state index in [1.807, 2.05) is 0 Å². The van der Waals surface area contributed by atoms with Crippen LogP contribution in [0.2, 0.25) is 0 Å². The summed E-state index contributed by atoms with van der Waals surface area (Å²) in [5, 5.41) is 0. The molecule has 0 spiro atoms. The number of unbranched alkanes of at least 4 members (excludes halogenated alkanes) is 1. The lowest BCUT2D eigenvalue weighted by Crippen LogP contribution is -2.45. The fourth-order valence-electron chi connectivity index (χ4n) is 6.19. The fraction of sp³-hybridized carbons (Fsp3) is 0.724. The van der Waals surface area contributed by atoms with Crippen LogP contribution in [-0.2, 0) is 15.7 Å². The Morgan fingerprint density at radius 1 is 0.868 bits per heavy atom. The third-order valence-corrected chi connectivity index (χ3v) is 8.46. The van der Waals surface area contributed by atoms with E-state index in [-0.39, 0.29) is 25.0 Å². The van der Waals surface area contributed by atoms with Gasteiger partial charge in [-0.2, -0.15) is 22.0 Å². The first-order valence-electron chi connectivity index (χ1n) is 13.9. The van der Waals surface area contributed by atoms with Crippen LogP contribution in [0.15, 0.2) is 30.4 Å². The van der Waals surface area contributed by atoms with Crippen molar-refractivity contribution in [3.63, 3.8) is 0 Å². The van der Waals surface area contributed by atoms with E-state index >= 15 is 0 Å². The lowest BCUT2D eigenvalue weighted by Gasteiger charge is -2.40. The molecule has 214 valence electrons. The maximum absolute atomic E-state index is 14.7. The van der Waals surface area contributed by atoms with Crippen LogP contribution in [-0.4, -0.2) is 31.5 Å².